The Kier molecular flexibility index (Phi) is 6.59. The highest BCUT2D eigenvalue weighted by Crippen LogP contribution is 2.22. The molecule has 7 heteroatoms. The van der Waals surface area contributed by atoms with Crippen LogP contribution in [0.5, 0.6) is 0 Å². The minimum Gasteiger partial charge on any atom is -0.361 e. The Bertz CT molecular complexity index is 1100. The predicted molar refractivity (Wildman–Crippen MR) is 119 cm³/mol. The second-order valence-electron chi connectivity index (χ2n) is 7.15. The maximum atomic E-state index is 11.5. The predicted octanol–water partition coefficient (Wildman–Crippen LogP) is 2.83. The normalized spacial score (nSPS) is 12.3. The lowest BCUT2D eigenvalue weighted by molar-refractivity contribution is 0.602. The Morgan fingerprint density at radius 3 is 2.38 bits per heavy atom. The van der Waals surface area contributed by atoms with Crippen LogP contribution in [0.4, 0.5) is 0 Å². The van der Waals surface area contributed by atoms with Gasteiger partial charge in [-0.2, -0.15) is 0 Å². The fourth-order valence-corrected chi connectivity index (χ4v) is 4.04. The molecule has 0 bridgehead atoms. The first-order valence-corrected chi connectivity index (χ1v) is 11.6. The van der Waals surface area contributed by atoms with Gasteiger partial charge in [0.25, 0.3) is 0 Å². The van der Waals surface area contributed by atoms with Gasteiger partial charge in [0.05, 0.1) is 4.90 Å². The van der Waals surface area contributed by atoms with Crippen molar-refractivity contribution >= 4 is 26.7 Å². The Balaban J connectivity index is 1.47. The van der Waals surface area contributed by atoms with Crippen LogP contribution in [0.15, 0.2) is 58.5 Å². The largest absolute Gasteiger partial charge is 0.361 e. The van der Waals surface area contributed by atoms with E-state index in [-0.39, 0.29) is 0 Å². The lowest BCUT2D eigenvalue weighted by Crippen LogP contribution is -2.39. The van der Waals surface area contributed by atoms with Crippen LogP contribution in [0.1, 0.15) is 16.7 Å². The van der Waals surface area contributed by atoms with Crippen molar-refractivity contribution in [2.45, 2.75) is 24.7 Å². The van der Waals surface area contributed by atoms with Crippen LogP contribution in [0.2, 0.25) is 0 Å². The molecule has 29 heavy (non-hydrogen) atoms. The van der Waals surface area contributed by atoms with E-state index in [0.29, 0.717) is 11.4 Å². The number of fused-ring (bicyclic) bond motifs is 1. The number of aliphatic imine (C=N–C) groups is 1. The highest BCUT2D eigenvalue weighted by atomic mass is 32.2. The summed E-state index contributed by atoms with van der Waals surface area (Å²) in [6.45, 7) is 3.63. The maximum absolute atomic E-state index is 11.5. The van der Waals surface area contributed by atoms with E-state index in [0.717, 1.165) is 30.9 Å². The summed E-state index contributed by atoms with van der Waals surface area (Å²) >= 11 is 0. The van der Waals surface area contributed by atoms with Gasteiger partial charge in [-0.15, -0.1) is 0 Å². The Morgan fingerprint density at radius 2 is 1.72 bits per heavy atom. The van der Waals surface area contributed by atoms with Gasteiger partial charge in [-0.05, 0) is 54.7 Å². The molecule has 0 saturated carbocycles. The molecule has 6 nitrogen and oxygen atoms in total. The molecule has 0 fully saturated rings. The van der Waals surface area contributed by atoms with Crippen molar-refractivity contribution in [2.75, 3.05) is 26.4 Å². The molecule has 0 amide bonds. The number of H-pyrrole nitrogens is 1. The molecule has 0 unspecified atom stereocenters. The zero-order valence-corrected chi connectivity index (χ0v) is 17.9. The lowest BCUT2D eigenvalue weighted by atomic mass is 10.1. The van der Waals surface area contributed by atoms with E-state index in [1.165, 1.54) is 28.3 Å². The molecular weight excluding hydrogens is 384 g/mol. The summed E-state index contributed by atoms with van der Waals surface area (Å²) in [5.74, 6) is 0.759. The minimum absolute atomic E-state index is 0.346. The first kappa shape index (κ1) is 20.9. The Morgan fingerprint density at radius 1 is 1.03 bits per heavy atom. The number of aromatic amines is 1. The number of sulfone groups is 1. The Labute approximate surface area is 172 Å². The van der Waals surface area contributed by atoms with Gasteiger partial charge in [-0.3, -0.25) is 4.99 Å². The summed E-state index contributed by atoms with van der Waals surface area (Å²) in [5, 5.41) is 7.96. The van der Waals surface area contributed by atoms with Crippen LogP contribution in [0, 0.1) is 6.92 Å². The minimum atomic E-state index is -3.15. The quantitative estimate of drug-likeness (QED) is 0.411. The highest BCUT2D eigenvalue weighted by Gasteiger charge is 2.07. The average Bonchev–Trinajstić information content (AvgIpc) is 3.11. The Hall–Kier alpha value is -2.80. The van der Waals surface area contributed by atoms with Crippen LogP contribution in [0.25, 0.3) is 10.9 Å². The summed E-state index contributed by atoms with van der Waals surface area (Å²) in [5.41, 5.74) is 4.83. The number of aromatic nitrogens is 1. The maximum Gasteiger partial charge on any atom is 0.190 e. The average molecular weight is 413 g/mol. The molecule has 3 rings (SSSR count). The molecule has 2 aromatic carbocycles. The third kappa shape index (κ3) is 5.38. The smallest absolute Gasteiger partial charge is 0.190 e. The summed E-state index contributed by atoms with van der Waals surface area (Å²) in [6.07, 6.45) is 4.98. The van der Waals surface area contributed by atoms with Gasteiger partial charge >= 0.3 is 0 Å². The molecule has 1 aromatic heterocycles. The lowest BCUT2D eigenvalue weighted by Gasteiger charge is -2.12. The standard InChI is InChI=1S/C22H28N4O2S/c1-16-5-4-6-20-21(16)18(15-26-20)12-14-25-22(23-2)24-13-11-17-7-9-19(10-8-17)29(3,27)28/h4-10,15,26H,11-14H2,1-3H3,(H2,23,24,25). The van der Waals surface area contributed by atoms with Crippen LogP contribution < -0.4 is 10.6 Å². The molecule has 0 aliphatic carbocycles. The van der Waals surface area contributed by atoms with Crippen molar-refractivity contribution in [1.82, 2.24) is 15.6 Å². The fraction of sp³-hybridized carbons (Fsp3) is 0.318. The highest BCUT2D eigenvalue weighted by molar-refractivity contribution is 7.90. The SMILES string of the molecule is CN=C(NCCc1ccc(S(C)(=O)=O)cc1)NCCc1c[nH]c2cccc(C)c12. The second-order valence-corrected chi connectivity index (χ2v) is 9.17. The van der Waals surface area contributed by atoms with Gasteiger partial charge < -0.3 is 15.6 Å². The number of guanidine groups is 1. The molecule has 0 spiro atoms. The number of hydrogen-bond donors (Lipinski definition) is 3. The van der Waals surface area contributed by atoms with Gasteiger partial charge in [0.1, 0.15) is 0 Å². The summed E-state index contributed by atoms with van der Waals surface area (Å²) < 4.78 is 23.0. The number of aryl methyl sites for hydroxylation is 1. The number of benzene rings is 2. The zero-order chi connectivity index (χ0) is 20.9. The summed E-state index contributed by atoms with van der Waals surface area (Å²) in [6, 6.07) is 13.3. The topological polar surface area (TPSA) is 86.3 Å². The van der Waals surface area contributed by atoms with E-state index in [4.69, 9.17) is 0 Å². The van der Waals surface area contributed by atoms with Crippen LogP contribution in [-0.2, 0) is 22.7 Å². The van der Waals surface area contributed by atoms with E-state index in [9.17, 15) is 8.42 Å². The molecule has 0 atom stereocenters. The second kappa shape index (κ2) is 9.13. The molecule has 154 valence electrons. The fourth-order valence-electron chi connectivity index (χ4n) is 3.41. The van der Waals surface area contributed by atoms with Crippen molar-refractivity contribution < 1.29 is 8.42 Å². The zero-order valence-electron chi connectivity index (χ0n) is 17.1. The molecule has 0 aliphatic rings. The van der Waals surface area contributed by atoms with E-state index < -0.39 is 9.84 Å². The first-order chi connectivity index (χ1) is 13.9. The van der Waals surface area contributed by atoms with Crippen molar-refractivity contribution in [1.29, 1.82) is 0 Å². The van der Waals surface area contributed by atoms with Gasteiger partial charge in [0.15, 0.2) is 15.8 Å². The summed E-state index contributed by atoms with van der Waals surface area (Å²) in [7, 11) is -1.39. The van der Waals surface area contributed by atoms with Gasteiger partial charge in [-0.25, -0.2) is 8.42 Å². The molecule has 1 heterocycles. The third-order valence-corrected chi connectivity index (χ3v) is 6.09. The van der Waals surface area contributed by atoms with Crippen molar-refractivity contribution in [3.05, 3.63) is 65.4 Å². The molecule has 3 N–H and O–H groups in total. The first-order valence-electron chi connectivity index (χ1n) is 9.67. The molecule has 0 saturated heterocycles. The van der Waals surface area contributed by atoms with Gasteiger partial charge in [0, 0.05) is 43.5 Å². The van der Waals surface area contributed by atoms with Crippen LogP contribution in [-0.4, -0.2) is 45.8 Å². The van der Waals surface area contributed by atoms with Gasteiger partial charge in [0.2, 0.25) is 0 Å². The van der Waals surface area contributed by atoms with E-state index in [1.54, 1.807) is 19.2 Å². The van der Waals surface area contributed by atoms with Gasteiger partial charge in [-0.1, -0.05) is 24.3 Å². The molecule has 3 aromatic rings. The molecule has 0 aliphatic heterocycles. The van der Waals surface area contributed by atoms with E-state index in [1.807, 2.05) is 12.1 Å². The van der Waals surface area contributed by atoms with Crippen molar-refractivity contribution in [3.63, 3.8) is 0 Å². The third-order valence-electron chi connectivity index (χ3n) is 4.96. The van der Waals surface area contributed by atoms with Crippen LogP contribution >= 0.6 is 0 Å². The monoisotopic (exact) mass is 412 g/mol. The molecular formula is C22H28N4O2S. The van der Waals surface area contributed by atoms with Crippen molar-refractivity contribution in [2.24, 2.45) is 4.99 Å². The number of hydrogen-bond acceptors (Lipinski definition) is 3. The number of rotatable bonds is 7. The van der Waals surface area contributed by atoms with E-state index >= 15 is 0 Å². The van der Waals surface area contributed by atoms with Crippen molar-refractivity contribution in [3.8, 4) is 0 Å². The number of nitrogens with zero attached hydrogens (tertiary/aromatic N) is 1. The summed E-state index contributed by atoms with van der Waals surface area (Å²) in [4.78, 5) is 7.95. The van der Waals surface area contributed by atoms with E-state index in [2.05, 4.69) is 51.9 Å². The molecule has 0 radical (unpaired) electrons. The number of nitrogens with one attached hydrogen (secondary N) is 3. The van der Waals surface area contributed by atoms with Crippen LogP contribution in [0.3, 0.4) is 0 Å².